The van der Waals surface area contributed by atoms with Crippen LogP contribution in [0.25, 0.3) is 0 Å². The van der Waals surface area contributed by atoms with Crippen LogP contribution in [0.15, 0.2) is 32.9 Å². The molecule has 0 spiro atoms. The number of hydrogen-bond acceptors (Lipinski definition) is 2. The van der Waals surface area contributed by atoms with Gasteiger partial charge in [-0.25, -0.2) is 0 Å². The highest BCUT2D eigenvalue weighted by Crippen LogP contribution is 2.16. The van der Waals surface area contributed by atoms with Gasteiger partial charge in [0.05, 0.1) is 4.90 Å². The van der Waals surface area contributed by atoms with Crippen LogP contribution in [-0.4, -0.2) is 20.9 Å². The molecule has 0 aliphatic rings. The summed E-state index contributed by atoms with van der Waals surface area (Å²) in [4.78, 5) is 0.306. The highest BCUT2D eigenvalue weighted by atomic mass is 32.3. The maximum atomic E-state index is 12.0. The molecule has 1 rings (SSSR count). The number of nitrogens with zero attached hydrogens (tertiary/aromatic N) is 1. The molecule has 0 bridgehead atoms. The fraction of sp³-hybridized carbons (Fsp3) is 0.700. The molecule has 0 aromatic heterocycles. The first-order valence-electron chi connectivity index (χ1n) is 9.60. The zero-order chi connectivity index (χ0) is 18.5. The van der Waals surface area contributed by atoms with Gasteiger partial charge < -0.3 is 0 Å². The molecule has 0 saturated heterocycles. The van der Waals surface area contributed by atoms with Crippen molar-refractivity contribution >= 4 is 20.7 Å². The SMILES string of the molecule is CCCCCCCCCCCCc1ccc(S(=O)(=O)N=S(C)C)cc1. The molecule has 0 aliphatic carbocycles. The lowest BCUT2D eigenvalue weighted by Crippen LogP contribution is -1.99. The smallest absolute Gasteiger partial charge is 0.199 e. The molecule has 3 nitrogen and oxygen atoms in total. The van der Waals surface area contributed by atoms with E-state index in [0.717, 1.165) is 6.42 Å². The molecule has 144 valence electrons. The number of hydrogen-bond donors (Lipinski definition) is 0. The molecular weight excluding hydrogens is 350 g/mol. The van der Waals surface area contributed by atoms with Gasteiger partial charge in [0.15, 0.2) is 0 Å². The number of aryl methyl sites for hydroxylation is 1. The van der Waals surface area contributed by atoms with Crippen molar-refractivity contribution in [3.05, 3.63) is 29.8 Å². The lowest BCUT2D eigenvalue weighted by atomic mass is 10.0. The standard InChI is InChI=1S/C20H35NO2S2/c1-4-5-6-7-8-9-10-11-12-13-14-19-15-17-20(18-16-19)25(22,23)21-24(2)3/h15-18H,4-14H2,1-3H3. The van der Waals surface area contributed by atoms with Gasteiger partial charge in [-0.3, -0.25) is 0 Å². The number of benzene rings is 1. The van der Waals surface area contributed by atoms with E-state index >= 15 is 0 Å². The third-order valence-corrected chi connectivity index (χ3v) is 7.13. The minimum atomic E-state index is -3.48. The van der Waals surface area contributed by atoms with E-state index in [0.29, 0.717) is 4.90 Å². The number of sulfonamides is 1. The Morgan fingerprint density at radius 2 is 1.28 bits per heavy atom. The quantitative estimate of drug-likeness (QED) is 0.397. The predicted octanol–water partition coefficient (Wildman–Crippen LogP) is 5.90. The highest BCUT2D eigenvalue weighted by molar-refractivity contribution is 7.99. The van der Waals surface area contributed by atoms with Crippen molar-refractivity contribution < 1.29 is 8.42 Å². The summed E-state index contributed by atoms with van der Waals surface area (Å²) < 4.78 is 27.9. The second-order valence-corrected chi connectivity index (χ2v) is 10.5. The van der Waals surface area contributed by atoms with Crippen LogP contribution in [0.1, 0.15) is 76.7 Å². The van der Waals surface area contributed by atoms with E-state index < -0.39 is 20.7 Å². The minimum absolute atomic E-state index is 0.306. The van der Waals surface area contributed by atoms with Crippen molar-refractivity contribution in [1.29, 1.82) is 0 Å². The summed E-state index contributed by atoms with van der Waals surface area (Å²) in [5.74, 6) is 0. The normalized spacial score (nSPS) is 11.8. The minimum Gasteiger partial charge on any atom is -0.199 e. The molecule has 0 amide bonds. The summed E-state index contributed by atoms with van der Waals surface area (Å²) in [6, 6.07) is 7.24. The molecule has 1 aromatic rings. The molecule has 1 aromatic carbocycles. The largest absolute Gasteiger partial charge is 0.287 e. The van der Waals surface area contributed by atoms with Crippen molar-refractivity contribution in [3.63, 3.8) is 0 Å². The second kappa shape index (κ2) is 12.6. The van der Waals surface area contributed by atoms with Crippen LogP contribution in [0.4, 0.5) is 0 Å². The third-order valence-electron chi connectivity index (χ3n) is 4.29. The Morgan fingerprint density at radius 1 is 0.800 bits per heavy atom. The number of rotatable bonds is 13. The summed E-state index contributed by atoms with van der Waals surface area (Å²) in [7, 11) is -3.95. The Bertz CT molecular complexity index is 603. The average molecular weight is 386 g/mol. The molecule has 25 heavy (non-hydrogen) atoms. The summed E-state index contributed by atoms with van der Waals surface area (Å²) in [6.07, 6.45) is 18.0. The van der Waals surface area contributed by atoms with Gasteiger partial charge in [-0.15, -0.1) is 3.77 Å². The van der Waals surface area contributed by atoms with E-state index in [1.165, 1.54) is 69.8 Å². The molecular formula is C20H35NO2S2. The molecule has 0 heterocycles. The fourth-order valence-corrected chi connectivity index (χ4v) is 5.28. The van der Waals surface area contributed by atoms with Gasteiger partial charge in [-0.05, 0) is 43.0 Å². The van der Waals surface area contributed by atoms with Gasteiger partial charge in [0.2, 0.25) is 0 Å². The first-order chi connectivity index (χ1) is 12.0. The first-order valence-corrected chi connectivity index (χ1v) is 13.0. The molecule has 0 aliphatic heterocycles. The van der Waals surface area contributed by atoms with Crippen LogP contribution >= 0.6 is 0 Å². The molecule has 0 fully saturated rings. The van der Waals surface area contributed by atoms with Crippen LogP contribution in [0, 0.1) is 0 Å². The van der Waals surface area contributed by atoms with E-state index in [1.54, 1.807) is 24.6 Å². The molecule has 0 radical (unpaired) electrons. The van der Waals surface area contributed by atoms with Crippen molar-refractivity contribution in [2.75, 3.05) is 12.5 Å². The van der Waals surface area contributed by atoms with Crippen LogP contribution in [0.5, 0.6) is 0 Å². The van der Waals surface area contributed by atoms with Crippen LogP contribution < -0.4 is 0 Å². The van der Waals surface area contributed by atoms with Crippen LogP contribution in [-0.2, 0) is 27.1 Å². The zero-order valence-electron chi connectivity index (χ0n) is 16.2. The van der Waals surface area contributed by atoms with Crippen LogP contribution in [0.2, 0.25) is 0 Å². The topological polar surface area (TPSA) is 46.5 Å². The Balaban J connectivity index is 2.21. The molecule has 0 atom stereocenters. The van der Waals surface area contributed by atoms with Crippen molar-refractivity contribution in [2.24, 2.45) is 3.77 Å². The Kier molecular flexibility index (Phi) is 11.3. The van der Waals surface area contributed by atoms with E-state index in [-0.39, 0.29) is 0 Å². The highest BCUT2D eigenvalue weighted by Gasteiger charge is 2.11. The Labute approximate surface area is 157 Å². The Morgan fingerprint density at radius 3 is 1.76 bits per heavy atom. The number of unbranched alkanes of at least 4 members (excludes halogenated alkanes) is 9. The van der Waals surface area contributed by atoms with Crippen LogP contribution in [0.3, 0.4) is 0 Å². The van der Waals surface area contributed by atoms with Gasteiger partial charge >= 0.3 is 0 Å². The molecule has 0 N–H and O–H groups in total. The first kappa shape index (κ1) is 22.4. The molecule has 0 unspecified atom stereocenters. The lowest BCUT2D eigenvalue weighted by molar-refractivity contribution is 0.556. The monoisotopic (exact) mass is 385 g/mol. The van der Waals surface area contributed by atoms with E-state index in [2.05, 4.69) is 10.7 Å². The maximum Gasteiger partial charge on any atom is 0.287 e. The summed E-state index contributed by atoms with van der Waals surface area (Å²) in [5.41, 5.74) is 1.21. The summed E-state index contributed by atoms with van der Waals surface area (Å²) >= 11 is 0. The van der Waals surface area contributed by atoms with Crippen molar-refractivity contribution in [1.82, 2.24) is 0 Å². The summed E-state index contributed by atoms with van der Waals surface area (Å²) in [5, 5.41) is 0. The van der Waals surface area contributed by atoms with E-state index in [9.17, 15) is 8.42 Å². The zero-order valence-corrected chi connectivity index (χ0v) is 17.8. The molecule has 5 heteroatoms. The van der Waals surface area contributed by atoms with Gasteiger partial charge in [-0.1, -0.05) is 87.5 Å². The average Bonchev–Trinajstić information content (AvgIpc) is 2.56. The third kappa shape index (κ3) is 10.1. The van der Waals surface area contributed by atoms with Gasteiger partial charge in [0.1, 0.15) is 0 Å². The Hall–Kier alpha value is -0.680. The van der Waals surface area contributed by atoms with Gasteiger partial charge in [0, 0.05) is 0 Å². The predicted molar refractivity (Wildman–Crippen MR) is 111 cm³/mol. The van der Waals surface area contributed by atoms with Gasteiger partial charge in [-0.2, -0.15) is 8.42 Å². The van der Waals surface area contributed by atoms with Crippen molar-refractivity contribution in [3.8, 4) is 0 Å². The maximum absolute atomic E-state index is 12.0. The summed E-state index contributed by atoms with van der Waals surface area (Å²) in [6.45, 7) is 2.26. The van der Waals surface area contributed by atoms with Crippen molar-refractivity contribution in [2.45, 2.75) is 82.4 Å². The fourth-order valence-electron chi connectivity index (χ4n) is 2.88. The van der Waals surface area contributed by atoms with E-state index in [1.807, 2.05) is 12.1 Å². The van der Waals surface area contributed by atoms with Gasteiger partial charge in [0.25, 0.3) is 10.0 Å². The lowest BCUT2D eigenvalue weighted by Gasteiger charge is -2.04. The molecule has 0 saturated carbocycles. The van der Waals surface area contributed by atoms with E-state index in [4.69, 9.17) is 0 Å². The second-order valence-electron chi connectivity index (χ2n) is 6.90.